The Bertz CT molecular complexity index is 356. The highest BCUT2D eigenvalue weighted by atomic mass is 32.2. The Balaban J connectivity index is 1.70. The van der Waals surface area contributed by atoms with Crippen LogP contribution in [0.5, 0.6) is 0 Å². The highest BCUT2D eigenvalue weighted by Gasteiger charge is 2.53. The molecule has 15 heavy (non-hydrogen) atoms. The predicted octanol–water partition coefficient (Wildman–Crippen LogP) is -1.24. The van der Waals surface area contributed by atoms with E-state index < -0.39 is 9.84 Å². The number of amides is 1. The molecule has 0 aromatic carbocycles. The van der Waals surface area contributed by atoms with Crippen LogP contribution in [-0.2, 0) is 14.6 Å². The first-order valence-electron chi connectivity index (χ1n) is 5.15. The number of hydrogen-bond acceptors (Lipinski definition) is 4. The Labute approximate surface area is 89.5 Å². The van der Waals surface area contributed by atoms with Crippen LogP contribution in [0.25, 0.3) is 0 Å². The minimum Gasteiger partial charge on any atom is -0.353 e. The molecule has 2 atom stereocenters. The van der Waals surface area contributed by atoms with Crippen LogP contribution in [0.3, 0.4) is 0 Å². The molecule has 2 N–H and O–H groups in total. The normalized spacial score (nSPS) is 33.5. The van der Waals surface area contributed by atoms with Gasteiger partial charge in [0.05, 0.1) is 5.75 Å². The number of fused-ring (bicyclic) bond motifs is 1. The molecule has 0 aromatic rings. The van der Waals surface area contributed by atoms with Gasteiger partial charge in [0, 0.05) is 31.8 Å². The van der Waals surface area contributed by atoms with Crippen molar-refractivity contribution in [1.82, 2.24) is 10.6 Å². The van der Waals surface area contributed by atoms with Gasteiger partial charge in [0.2, 0.25) is 5.91 Å². The summed E-state index contributed by atoms with van der Waals surface area (Å²) >= 11 is 0. The zero-order chi connectivity index (χ0) is 11.1. The highest BCUT2D eigenvalue weighted by molar-refractivity contribution is 7.90. The molecule has 5 nitrogen and oxygen atoms in total. The zero-order valence-corrected chi connectivity index (χ0v) is 9.51. The van der Waals surface area contributed by atoms with E-state index in [-0.39, 0.29) is 18.1 Å². The second kappa shape index (κ2) is 3.75. The van der Waals surface area contributed by atoms with Gasteiger partial charge in [-0.05, 0) is 11.8 Å². The molecule has 1 saturated heterocycles. The van der Waals surface area contributed by atoms with E-state index in [1.165, 1.54) is 0 Å². The second-order valence-electron chi connectivity index (χ2n) is 4.46. The SMILES string of the molecule is CS(=O)(=O)CCC(=O)NC1C2CNCC21. The number of carbonyl (C=O) groups excluding carboxylic acids is 1. The van der Waals surface area contributed by atoms with Crippen LogP contribution < -0.4 is 10.6 Å². The summed E-state index contributed by atoms with van der Waals surface area (Å²) in [4.78, 5) is 11.4. The third kappa shape index (κ3) is 2.69. The molecule has 1 aliphatic carbocycles. The van der Waals surface area contributed by atoms with Crippen LogP contribution >= 0.6 is 0 Å². The van der Waals surface area contributed by atoms with Crippen molar-refractivity contribution in [2.45, 2.75) is 12.5 Å². The molecule has 2 aliphatic rings. The maximum atomic E-state index is 11.4. The highest BCUT2D eigenvalue weighted by Crippen LogP contribution is 2.41. The monoisotopic (exact) mass is 232 g/mol. The molecule has 2 rings (SSSR count). The molecule has 0 radical (unpaired) electrons. The molecule has 1 aliphatic heterocycles. The second-order valence-corrected chi connectivity index (χ2v) is 6.72. The van der Waals surface area contributed by atoms with Gasteiger partial charge in [0.1, 0.15) is 9.84 Å². The lowest BCUT2D eigenvalue weighted by atomic mass is 10.4. The van der Waals surface area contributed by atoms with Gasteiger partial charge >= 0.3 is 0 Å². The van der Waals surface area contributed by atoms with Crippen LogP contribution in [0.4, 0.5) is 0 Å². The van der Waals surface area contributed by atoms with Gasteiger partial charge in [-0.3, -0.25) is 4.79 Å². The Morgan fingerprint density at radius 1 is 1.40 bits per heavy atom. The molecule has 1 saturated carbocycles. The topological polar surface area (TPSA) is 75.3 Å². The standard InChI is InChI=1S/C9H16N2O3S/c1-15(13,14)3-2-8(12)11-9-6-4-10-5-7(6)9/h6-7,9-10H,2-5H2,1H3,(H,11,12). The van der Waals surface area contributed by atoms with E-state index in [1.807, 2.05) is 0 Å². The Morgan fingerprint density at radius 3 is 2.53 bits per heavy atom. The van der Waals surface area contributed by atoms with E-state index >= 15 is 0 Å². The fraction of sp³-hybridized carbons (Fsp3) is 0.889. The van der Waals surface area contributed by atoms with Crippen LogP contribution in [0.2, 0.25) is 0 Å². The lowest BCUT2D eigenvalue weighted by Crippen LogP contribution is -2.33. The molecule has 0 bridgehead atoms. The summed E-state index contributed by atoms with van der Waals surface area (Å²) in [5.41, 5.74) is 0. The average Bonchev–Trinajstić information content (AvgIpc) is 2.62. The van der Waals surface area contributed by atoms with Gasteiger partial charge in [0.25, 0.3) is 0 Å². The molecular weight excluding hydrogens is 216 g/mol. The van der Waals surface area contributed by atoms with Crippen molar-refractivity contribution >= 4 is 15.7 Å². The predicted molar refractivity (Wildman–Crippen MR) is 56.1 cm³/mol. The van der Waals surface area contributed by atoms with Crippen molar-refractivity contribution in [2.75, 3.05) is 25.1 Å². The van der Waals surface area contributed by atoms with E-state index in [0.29, 0.717) is 17.9 Å². The third-order valence-electron chi connectivity index (χ3n) is 3.12. The number of hydrogen-bond donors (Lipinski definition) is 2. The lowest BCUT2D eigenvalue weighted by molar-refractivity contribution is -0.121. The number of carbonyl (C=O) groups is 1. The Morgan fingerprint density at radius 2 is 2.00 bits per heavy atom. The van der Waals surface area contributed by atoms with Crippen molar-refractivity contribution in [2.24, 2.45) is 11.8 Å². The van der Waals surface area contributed by atoms with Crippen LogP contribution in [0.1, 0.15) is 6.42 Å². The first kappa shape index (κ1) is 10.9. The molecule has 2 unspecified atom stereocenters. The molecule has 86 valence electrons. The molecule has 1 amide bonds. The summed E-state index contributed by atoms with van der Waals surface area (Å²) < 4.78 is 21.7. The van der Waals surface area contributed by atoms with E-state index in [4.69, 9.17) is 0 Å². The first-order chi connectivity index (χ1) is 6.97. The van der Waals surface area contributed by atoms with Crippen molar-refractivity contribution in [1.29, 1.82) is 0 Å². The Hall–Kier alpha value is -0.620. The summed E-state index contributed by atoms with van der Waals surface area (Å²) in [7, 11) is -3.03. The van der Waals surface area contributed by atoms with E-state index in [9.17, 15) is 13.2 Å². The third-order valence-corrected chi connectivity index (χ3v) is 4.06. The molecule has 6 heteroatoms. The molecule has 1 heterocycles. The molecule has 0 aromatic heterocycles. The van der Waals surface area contributed by atoms with Crippen LogP contribution in [0, 0.1) is 11.8 Å². The number of piperidine rings is 1. The minimum absolute atomic E-state index is 0.0564. The smallest absolute Gasteiger partial charge is 0.221 e. The number of rotatable bonds is 4. The van der Waals surface area contributed by atoms with Gasteiger partial charge in [-0.25, -0.2) is 8.42 Å². The summed E-state index contributed by atoms with van der Waals surface area (Å²) in [6.45, 7) is 1.95. The largest absolute Gasteiger partial charge is 0.353 e. The van der Waals surface area contributed by atoms with Gasteiger partial charge in [-0.15, -0.1) is 0 Å². The fourth-order valence-electron chi connectivity index (χ4n) is 2.17. The fourth-order valence-corrected chi connectivity index (χ4v) is 2.72. The number of nitrogens with one attached hydrogen (secondary N) is 2. The number of sulfone groups is 1. The summed E-state index contributed by atoms with van der Waals surface area (Å²) in [6.07, 6.45) is 1.23. The quantitative estimate of drug-likeness (QED) is 0.635. The van der Waals surface area contributed by atoms with E-state index in [1.54, 1.807) is 0 Å². The first-order valence-corrected chi connectivity index (χ1v) is 7.21. The van der Waals surface area contributed by atoms with Crippen molar-refractivity contribution in [3.05, 3.63) is 0 Å². The lowest BCUT2D eigenvalue weighted by Gasteiger charge is -2.06. The van der Waals surface area contributed by atoms with Crippen LogP contribution in [-0.4, -0.2) is 45.5 Å². The van der Waals surface area contributed by atoms with Gasteiger partial charge in [-0.1, -0.05) is 0 Å². The van der Waals surface area contributed by atoms with Gasteiger partial charge in [0.15, 0.2) is 0 Å². The van der Waals surface area contributed by atoms with Crippen LogP contribution in [0.15, 0.2) is 0 Å². The van der Waals surface area contributed by atoms with Crippen molar-refractivity contribution in [3.8, 4) is 0 Å². The molecular formula is C9H16N2O3S. The maximum absolute atomic E-state index is 11.4. The van der Waals surface area contributed by atoms with Crippen molar-refractivity contribution in [3.63, 3.8) is 0 Å². The zero-order valence-electron chi connectivity index (χ0n) is 8.69. The minimum atomic E-state index is -3.03. The van der Waals surface area contributed by atoms with Gasteiger partial charge < -0.3 is 10.6 Å². The van der Waals surface area contributed by atoms with E-state index in [2.05, 4.69) is 10.6 Å². The summed E-state index contributed by atoms with van der Waals surface area (Å²) in [6, 6.07) is 0.290. The summed E-state index contributed by atoms with van der Waals surface area (Å²) in [5.74, 6) is 0.957. The Kier molecular flexibility index (Phi) is 2.72. The summed E-state index contributed by atoms with van der Waals surface area (Å²) in [5, 5.41) is 6.12. The van der Waals surface area contributed by atoms with E-state index in [0.717, 1.165) is 19.3 Å². The van der Waals surface area contributed by atoms with Gasteiger partial charge in [-0.2, -0.15) is 0 Å². The molecule has 0 spiro atoms. The average molecular weight is 232 g/mol. The molecule has 2 fully saturated rings. The maximum Gasteiger partial charge on any atom is 0.221 e. The van der Waals surface area contributed by atoms with Crippen molar-refractivity contribution < 1.29 is 13.2 Å².